The first kappa shape index (κ1) is 9.14. The molecule has 2 heterocycles. The van der Waals surface area contributed by atoms with Gasteiger partial charge in [-0.3, -0.25) is 0 Å². The van der Waals surface area contributed by atoms with E-state index in [2.05, 4.69) is 18.4 Å². The van der Waals surface area contributed by atoms with Crippen LogP contribution in [0.2, 0.25) is 0 Å². The van der Waals surface area contributed by atoms with Crippen LogP contribution in [0, 0.1) is 0 Å². The van der Waals surface area contributed by atoms with E-state index in [0.29, 0.717) is 0 Å². The zero-order chi connectivity index (χ0) is 6.97. The monoisotopic (exact) mass is 186 g/mol. The highest BCUT2D eigenvalue weighted by atomic mass is 32.2. The minimum atomic E-state index is 0. The summed E-state index contributed by atoms with van der Waals surface area (Å²) in [6, 6.07) is 2.26. The summed E-state index contributed by atoms with van der Waals surface area (Å²) in [5.41, 5.74) is 1.58. The lowest BCUT2D eigenvalue weighted by molar-refractivity contribution is 0.789. The molecular formula is C9H14S2. The van der Waals surface area contributed by atoms with Gasteiger partial charge in [-0.1, -0.05) is 14.4 Å². The molecule has 1 atom stereocenters. The Hall–Kier alpha value is 0.0500. The standard InChI is InChI=1S/C8H10S2.CH4/c1-6-2-3-7-4-5-9-8(7)10-6;/h4-6H,2-3H2,1H3;1H4. The number of thioether (sulfide) groups is 1. The summed E-state index contributed by atoms with van der Waals surface area (Å²) in [6.45, 7) is 2.31. The fraction of sp³-hybridized carbons (Fsp3) is 0.556. The summed E-state index contributed by atoms with van der Waals surface area (Å²) in [6.07, 6.45) is 2.65. The van der Waals surface area contributed by atoms with E-state index in [4.69, 9.17) is 0 Å². The first-order valence-electron chi connectivity index (χ1n) is 3.59. The van der Waals surface area contributed by atoms with Gasteiger partial charge >= 0.3 is 0 Å². The van der Waals surface area contributed by atoms with E-state index < -0.39 is 0 Å². The van der Waals surface area contributed by atoms with Crippen LogP contribution < -0.4 is 0 Å². The van der Waals surface area contributed by atoms with Crippen molar-refractivity contribution in [1.82, 2.24) is 0 Å². The molecule has 2 heteroatoms. The van der Waals surface area contributed by atoms with Crippen molar-refractivity contribution < 1.29 is 0 Å². The molecule has 0 aromatic carbocycles. The Kier molecular flexibility index (Phi) is 3.02. The molecule has 0 radical (unpaired) electrons. The van der Waals surface area contributed by atoms with Crippen LogP contribution >= 0.6 is 23.1 Å². The van der Waals surface area contributed by atoms with Crippen LogP contribution in [0.25, 0.3) is 0 Å². The first-order valence-corrected chi connectivity index (χ1v) is 5.35. The summed E-state index contributed by atoms with van der Waals surface area (Å²) in [5.74, 6) is 0. The molecule has 0 amide bonds. The molecular weight excluding hydrogens is 172 g/mol. The Bertz CT molecular complexity index is 227. The van der Waals surface area contributed by atoms with Crippen molar-refractivity contribution in [2.75, 3.05) is 0 Å². The van der Waals surface area contributed by atoms with E-state index in [-0.39, 0.29) is 7.43 Å². The van der Waals surface area contributed by atoms with E-state index in [1.54, 1.807) is 9.77 Å². The second kappa shape index (κ2) is 3.63. The molecule has 62 valence electrons. The number of fused-ring (bicyclic) bond motifs is 1. The van der Waals surface area contributed by atoms with Crippen LogP contribution in [-0.4, -0.2) is 5.25 Å². The van der Waals surface area contributed by atoms with Gasteiger partial charge in [0.15, 0.2) is 0 Å². The Balaban J connectivity index is 0.000000605. The topological polar surface area (TPSA) is 0 Å². The van der Waals surface area contributed by atoms with Gasteiger partial charge in [0, 0.05) is 5.25 Å². The maximum Gasteiger partial charge on any atom is 0.0633 e. The fourth-order valence-corrected chi connectivity index (χ4v) is 3.69. The van der Waals surface area contributed by atoms with Crippen LogP contribution in [0.4, 0.5) is 0 Å². The number of rotatable bonds is 0. The summed E-state index contributed by atoms with van der Waals surface area (Å²) in [7, 11) is 0. The SMILES string of the molecule is C.CC1CCc2ccsc2S1. The minimum Gasteiger partial charge on any atom is -0.137 e. The molecule has 1 unspecified atom stereocenters. The molecule has 0 bridgehead atoms. The lowest BCUT2D eigenvalue weighted by atomic mass is 10.1. The molecule has 1 aliphatic rings. The quantitative estimate of drug-likeness (QED) is 0.593. The second-order valence-electron chi connectivity index (χ2n) is 2.70. The van der Waals surface area contributed by atoms with E-state index in [0.717, 1.165) is 5.25 Å². The lowest BCUT2D eigenvalue weighted by Crippen LogP contribution is -2.03. The predicted octanol–water partition coefficient (Wildman–Crippen LogP) is 3.81. The van der Waals surface area contributed by atoms with Crippen molar-refractivity contribution in [3.63, 3.8) is 0 Å². The van der Waals surface area contributed by atoms with Gasteiger partial charge in [-0.2, -0.15) is 0 Å². The molecule has 11 heavy (non-hydrogen) atoms. The van der Waals surface area contributed by atoms with Gasteiger partial charge in [-0.25, -0.2) is 0 Å². The van der Waals surface area contributed by atoms with Gasteiger partial charge < -0.3 is 0 Å². The summed E-state index contributed by atoms with van der Waals surface area (Å²) >= 11 is 3.93. The summed E-state index contributed by atoms with van der Waals surface area (Å²) in [5, 5.41) is 3.04. The number of hydrogen-bond donors (Lipinski definition) is 0. The zero-order valence-electron chi connectivity index (χ0n) is 5.96. The molecule has 0 aliphatic carbocycles. The fourth-order valence-electron chi connectivity index (χ4n) is 1.21. The van der Waals surface area contributed by atoms with Crippen LogP contribution in [0.3, 0.4) is 0 Å². The lowest BCUT2D eigenvalue weighted by Gasteiger charge is -2.16. The largest absolute Gasteiger partial charge is 0.137 e. The maximum atomic E-state index is 2.31. The minimum absolute atomic E-state index is 0. The predicted molar refractivity (Wildman–Crippen MR) is 54.7 cm³/mol. The molecule has 1 aromatic rings. The highest BCUT2D eigenvalue weighted by molar-refractivity contribution is 8.01. The van der Waals surface area contributed by atoms with E-state index >= 15 is 0 Å². The number of thiophene rings is 1. The van der Waals surface area contributed by atoms with Crippen molar-refractivity contribution in [1.29, 1.82) is 0 Å². The number of hydrogen-bond acceptors (Lipinski definition) is 2. The molecule has 2 rings (SSSR count). The van der Waals surface area contributed by atoms with Crippen molar-refractivity contribution in [2.45, 2.75) is 36.7 Å². The van der Waals surface area contributed by atoms with Gasteiger partial charge in [0.2, 0.25) is 0 Å². The summed E-state index contributed by atoms with van der Waals surface area (Å²) < 4.78 is 1.55. The van der Waals surface area contributed by atoms with Crippen molar-refractivity contribution in [3.8, 4) is 0 Å². The molecule has 0 saturated carbocycles. The van der Waals surface area contributed by atoms with E-state index in [1.807, 2.05) is 23.1 Å². The Morgan fingerprint density at radius 3 is 3.18 bits per heavy atom. The molecule has 0 spiro atoms. The van der Waals surface area contributed by atoms with Gasteiger partial charge in [0.05, 0.1) is 4.21 Å². The zero-order valence-corrected chi connectivity index (χ0v) is 7.60. The van der Waals surface area contributed by atoms with Crippen LogP contribution in [-0.2, 0) is 6.42 Å². The molecule has 0 N–H and O–H groups in total. The van der Waals surface area contributed by atoms with Gasteiger partial charge in [-0.15, -0.1) is 23.1 Å². The first-order chi connectivity index (χ1) is 4.86. The van der Waals surface area contributed by atoms with E-state index in [1.165, 1.54) is 12.8 Å². The second-order valence-corrected chi connectivity index (χ2v) is 5.32. The van der Waals surface area contributed by atoms with Gasteiger partial charge in [0.25, 0.3) is 0 Å². The third kappa shape index (κ3) is 1.79. The average Bonchev–Trinajstić information content (AvgIpc) is 2.33. The maximum absolute atomic E-state index is 2.31. The number of aryl methyl sites for hydroxylation is 1. The third-order valence-corrected chi connectivity index (χ3v) is 4.28. The third-order valence-electron chi connectivity index (χ3n) is 1.83. The Morgan fingerprint density at radius 2 is 2.36 bits per heavy atom. The normalized spacial score (nSPS) is 22.1. The Labute approximate surface area is 77.0 Å². The highest BCUT2D eigenvalue weighted by Crippen LogP contribution is 2.38. The smallest absolute Gasteiger partial charge is 0.0633 e. The van der Waals surface area contributed by atoms with Crippen molar-refractivity contribution >= 4 is 23.1 Å². The van der Waals surface area contributed by atoms with Crippen molar-refractivity contribution in [3.05, 3.63) is 17.0 Å². The van der Waals surface area contributed by atoms with Crippen LogP contribution in [0.1, 0.15) is 26.3 Å². The van der Waals surface area contributed by atoms with Crippen LogP contribution in [0.15, 0.2) is 15.7 Å². The average molecular weight is 186 g/mol. The van der Waals surface area contributed by atoms with Crippen molar-refractivity contribution in [2.24, 2.45) is 0 Å². The molecule has 0 nitrogen and oxygen atoms in total. The highest BCUT2D eigenvalue weighted by Gasteiger charge is 2.15. The molecule has 0 fully saturated rings. The summed E-state index contributed by atoms with van der Waals surface area (Å²) in [4.78, 5) is 0. The Morgan fingerprint density at radius 1 is 1.55 bits per heavy atom. The molecule has 1 aromatic heterocycles. The van der Waals surface area contributed by atoms with Gasteiger partial charge in [0.1, 0.15) is 0 Å². The molecule has 1 aliphatic heterocycles. The van der Waals surface area contributed by atoms with Crippen LogP contribution in [0.5, 0.6) is 0 Å². The van der Waals surface area contributed by atoms with Gasteiger partial charge in [-0.05, 0) is 29.9 Å². The molecule has 0 saturated heterocycles. The van der Waals surface area contributed by atoms with E-state index in [9.17, 15) is 0 Å².